The highest BCUT2D eigenvalue weighted by molar-refractivity contribution is 5.89. The van der Waals surface area contributed by atoms with Crippen LogP contribution in [-0.2, 0) is 6.54 Å². The maximum absolute atomic E-state index is 11.4. The molecule has 0 bridgehead atoms. The second kappa shape index (κ2) is 6.92. The Bertz CT molecular complexity index is 947. The number of hydrogen-bond donors (Lipinski definition) is 2. The van der Waals surface area contributed by atoms with E-state index in [1.165, 1.54) is 5.56 Å². The standard InChI is InChI=1S/C21H23N3O2/c1-14-6-4-10-18-19(14)23-20(22-18)16-8-5-11-24(13-16)12-15-7-2-3-9-17(15)21(25)26/h2-4,6-7,9-10,16H,5,8,11-13H2,1H3,(H,22,23)(H,25,26). The summed E-state index contributed by atoms with van der Waals surface area (Å²) < 4.78 is 0. The molecule has 2 heterocycles. The molecule has 2 N–H and O–H groups in total. The van der Waals surface area contributed by atoms with Crippen molar-refractivity contribution in [2.45, 2.75) is 32.2 Å². The van der Waals surface area contributed by atoms with Crippen LogP contribution in [0.15, 0.2) is 42.5 Å². The Morgan fingerprint density at radius 3 is 2.92 bits per heavy atom. The lowest BCUT2D eigenvalue weighted by atomic mass is 9.96. The molecule has 2 aromatic carbocycles. The van der Waals surface area contributed by atoms with Crippen LogP contribution in [0.4, 0.5) is 0 Å². The van der Waals surface area contributed by atoms with Gasteiger partial charge in [-0.15, -0.1) is 0 Å². The second-order valence-corrected chi connectivity index (χ2v) is 7.13. The molecule has 0 amide bonds. The number of hydrogen-bond acceptors (Lipinski definition) is 3. The molecule has 5 heteroatoms. The number of para-hydroxylation sites is 1. The number of aromatic amines is 1. The van der Waals surface area contributed by atoms with Crippen LogP contribution in [0.5, 0.6) is 0 Å². The first-order valence-corrected chi connectivity index (χ1v) is 9.10. The number of rotatable bonds is 4. The lowest BCUT2D eigenvalue weighted by molar-refractivity contribution is 0.0694. The van der Waals surface area contributed by atoms with E-state index in [0.29, 0.717) is 18.0 Å². The molecular formula is C21H23N3O2. The maximum atomic E-state index is 11.4. The zero-order valence-electron chi connectivity index (χ0n) is 14.9. The van der Waals surface area contributed by atoms with E-state index in [2.05, 4.69) is 35.0 Å². The molecular weight excluding hydrogens is 326 g/mol. The number of piperidine rings is 1. The van der Waals surface area contributed by atoms with Gasteiger partial charge in [-0.2, -0.15) is 0 Å². The first-order valence-electron chi connectivity index (χ1n) is 9.10. The Morgan fingerprint density at radius 2 is 2.12 bits per heavy atom. The molecule has 1 aliphatic heterocycles. The number of fused-ring (bicyclic) bond motifs is 1. The Morgan fingerprint density at radius 1 is 1.27 bits per heavy atom. The first kappa shape index (κ1) is 16.8. The topological polar surface area (TPSA) is 69.2 Å². The number of likely N-dealkylation sites (tertiary alicyclic amines) is 1. The molecule has 1 fully saturated rings. The molecule has 0 saturated carbocycles. The Hall–Kier alpha value is -2.66. The predicted octanol–water partition coefficient (Wildman–Crippen LogP) is 3.95. The van der Waals surface area contributed by atoms with Crippen LogP contribution < -0.4 is 0 Å². The smallest absolute Gasteiger partial charge is 0.336 e. The van der Waals surface area contributed by atoms with E-state index < -0.39 is 5.97 Å². The second-order valence-electron chi connectivity index (χ2n) is 7.13. The maximum Gasteiger partial charge on any atom is 0.336 e. The summed E-state index contributed by atoms with van der Waals surface area (Å²) in [4.78, 5) is 22.1. The SMILES string of the molecule is Cc1cccc2[nH]c(C3CCCN(Cc4ccccc4C(=O)O)C3)nc12. The molecule has 1 unspecified atom stereocenters. The van der Waals surface area contributed by atoms with E-state index in [0.717, 1.165) is 48.4 Å². The average Bonchev–Trinajstić information content (AvgIpc) is 3.08. The third-order valence-electron chi connectivity index (χ3n) is 5.27. The summed E-state index contributed by atoms with van der Waals surface area (Å²) in [5, 5.41) is 9.40. The van der Waals surface area contributed by atoms with E-state index in [9.17, 15) is 9.90 Å². The van der Waals surface area contributed by atoms with Crippen LogP contribution in [0.3, 0.4) is 0 Å². The van der Waals surface area contributed by atoms with Crippen molar-refractivity contribution in [3.8, 4) is 0 Å². The molecule has 5 nitrogen and oxygen atoms in total. The zero-order valence-corrected chi connectivity index (χ0v) is 14.9. The lowest BCUT2D eigenvalue weighted by Crippen LogP contribution is -2.34. The molecule has 0 radical (unpaired) electrons. The van der Waals surface area contributed by atoms with Gasteiger partial charge in [0.05, 0.1) is 16.6 Å². The number of nitrogens with one attached hydrogen (secondary N) is 1. The minimum absolute atomic E-state index is 0.354. The predicted molar refractivity (Wildman–Crippen MR) is 101 cm³/mol. The summed E-state index contributed by atoms with van der Waals surface area (Å²) in [5.41, 5.74) is 4.60. The zero-order chi connectivity index (χ0) is 18.1. The molecule has 4 rings (SSSR count). The number of aromatic carboxylic acids is 1. The van der Waals surface area contributed by atoms with Crippen molar-refractivity contribution in [2.75, 3.05) is 13.1 Å². The number of carboxylic acids is 1. The number of imidazole rings is 1. The largest absolute Gasteiger partial charge is 0.478 e. The van der Waals surface area contributed by atoms with Gasteiger partial charge in [-0.25, -0.2) is 9.78 Å². The molecule has 0 spiro atoms. The van der Waals surface area contributed by atoms with Crippen molar-refractivity contribution in [1.29, 1.82) is 0 Å². The van der Waals surface area contributed by atoms with Gasteiger partial charge in [0.25, 0.3) is 0 Å². The van der Waals surface area contributed by atoms with Crippen molar-refractivity contribution in [2.24, 2.45) is 0 Å². The van der Waals surface area contributed by atoms with Crippen LogP contribution in [-0.4, -0.2) is 39.0 Å². The van der Waals surface area contributed by atoms with Gasteiger partial charge in [-0.05, 0) is 49.6 Å². The Kier molecular flexibility index (Phi) is 4.47. The molecule has 0 aliphatic carbocycles. The molecule has 1 saturated heterocycles. The number of H-pyrrole nitrogens is 1. The van der Waals surface area contributed by atoms with Crippen molar-refractivity contribution in [3.63, 3.8) is 0 Å². The summed E-state index contributed by atoms with van der Waals surface area (Å²) in [6, 6.07) is 13.5. The fraction of sp³-hybridized carbons (Fsp3) is 0.333. The van der Waals surface area contributed by atoms with Crippen molar-refractivity contribution in [3.05, 3.63) is 65.0 Å². The van der Waals surface area contributed by atoms with Crippen molar-refractivity contribution in [1.82, 2.24) is 14.9 Å². The minimum Gasteiger partial charge on any atom is -0.478 e. The number of nitrogens with zero attached hydrogens (tertiary/aromatic N) is 2. The van der Waals surface area contributed by atoms with Crippen molar-refractivity contribution < 1.29 is 9.90 Å². The van der Waals surface area contributed by atoms with Gasteiger partial charge >= 0.3 is 5.97 Å². The summed E-state index contributed by atoms with van der Waals surface area (Å²) >= 11 is 0. The molecule has 134 valence electrons. The molecule has 26 heavy (non-hydrogen) atoms. The lowest BCUT2D eigenvalue weighted by Gasteiger charge is -2.32. The highest BCUT2D eigenvalue weighted by atomic mass is 16.4. The number of aryl methyl sites for hydroxylation is 1. The fourth-order valence-corrected chi connectivity index (χ4v) is 3.92. The summed E-state index contributed by atoms with van der Waals surface area (Å²) in [5.74, 6) is 0.542. The van der Waals surface area contributed by atoms with E-state index in [-0.39, 0.29) is 0 Å². The summed E-state index contributed by atoms with van der Waals surface area (Å²) in [6.45, 7) is 4.64. The quantitative estimate of drug-likeness (QED) is 0.748. The average molecular weight is 349 g/mol. The van der Waals surface area contributed by atoms with Crippen LogP contribution in [0, 0.1) is 6.92 Å². The van der Waals surface area contributed by atoms with Gasteiger partial charge in [0.2, 0.25) is 0 Å². The number of benzene rings is 2. The highest BCUT2D eigenvalue weighted by Crippen LogP contribution is 2.28. The summed E-state index contributed by atoms with van der Waals surface area (Å²) in [7, 11) is 0. The number of carbonyl (C=O) groups is 1. The minimum atomic E-state index is -0.859. The molecule has 1 aliphatic rings. The monoisotopic (exact) mass is 349 g/mol. The van der Waals surface area contributed by atoms with E-state index in [1.54, 1.807) is 12.1 Å². The van der Waals surface area contributed by atoms with Crippen LogP contribution in [0.25, 0.3) is 11.0 Å². The summed E-state index contributed by atoms with van der Waals surface area (Å²) in [6.07, 6.45) is 2.20. The van der Waals surface area contributed by atoms with Gasteiger partial charge in [0.15, 0.2) is 0 Å². The van der Waals surface area contributed by atoms with Gasteiger partial charge in [-0.3, -0.25) is 4.90 Å². The third kappa shape index (κ3) is 3.22. The fourth-order valence-electron chi connectivity index (χ4n) is 3.92. The van der Waals surface area contributed by atoms with Crippen LogP contribution in [0.1, 0.15) is 46.1 Å². The number of aromatic nitrogens is 2. The van der Waals surface area contributed by atoms with Gasteiger partial charge in [-0.1, -0.05) is 30.3 Å². The normalized spacial score (nSPS) is 18.3. The van der Waals surface area contributed by atoms with Crippen LogP contribution in [0.2, 0.25) is 0 Å². The Labute approximate surface area is 152 Å². The third-order valence-corrected chi connectivity index (χ3v) is 5.27. The van der Waals surface area contributed by atoms with Crippen molar-refractivity contribution >= 4 is 17.0 Å². The van der Waals surface area contributed by atoms with E-state index in [1.807, 2.05) is 12.1 Å². The molecule has 1 atom stereocenters. The Balaban J connectivity index is 1.54. The molecule has 1 aromatic heterocycles. The first-order chi connectivity index (χ1) is 12.6. The van der Waals surface area contributed by atoms with Gasteiger partial charge in [0, 0.05) is 19.0 Å². The molecule has 3 aromatic rings. The van der Waals surface area contributed by atoms with Gasteiger partial charge < -0.3 is 10.1 Å². The van der Waals surface area contributed by atoms with E-state index >= 15 is 0 Å². The van der Waals surface area contributed by atoms with Crippen LogP contribution >= 0.6 is 0 Å². The highest BCUT2D eigenvalue weighted by Gasteiger charge is 2.25. The number of carboxylic acid groups (broad SMARTS) is 1. The van der Waals surface area contributed by atoms with E-state index in [4.69, 9.17) is 4.98 Å². The van der Waals surface area contributed by atoms with Gasteiger partial charge in [0.1, 0.15) is 5.82 Å².